The molecule has 5 nitrogen and oxygen atoms in total. The number of benzene rings is 2. The predicted molar refractivity (Wildman–Crippen MR) is 90.1 cm³/mol. The molecule has 0 spiro atoms. The number of hydrogen-bond donors (Lipinski definition) is 1. The maximum atomic E-state index is 13.8. The Bertz CT molecular complexity index is 1070. The number of anilines is 2. The lowest BCUT2D eigenvalue weighted by molar-refractivity contribution is 0.386. The number of methoxy groups -OCH3 is 1. The molecule has 0 fully saturated rings. The average Bonchev–Trinajstić information content (AvgIpc) is 3.10. The van der Waals surface area contributed by atoms with Crippen molar-refractivity contribution in [2.75, 3.05) is 12.4 Å². The molecule has 0 saturated carbocycles. The van der Waals surface area contributed by atoms with Crippen LogP contribution in [-0.2, 0) is 7.05 Å². The van der Waals surface area contributed by atoms with E-state index in [9.17, 15) is 8.78 Å². The predicted octanol–water partition coefficient (Wildman–Crippen LogP) is 4.21. The van der Waals surface area contributed by atoms with Crippen molar-refractivity contribution >= 4 is 43.4 Å². The topological polar surface area (TPSA) is 52.0 Å². The van der Waals surface area contributed by atoms with Crippen molar-refractivity contribution in [3.05, 3.63) is 42.2 Å². The summed E-state index contributed by atoms with van der Waals surface area (Å²) in [5.41, 5.74) is 2.69. The molecule has 8 heteroatoms. The molecule has 122 valence electrons. The molecule has 0 radical (unpaired) electrons. The number of halogens is 2. The second-order valence-corrected chi connectivity index (χ2v) is 6.28. The van der Waals surface area contributed by atoms with Crippen LogP contribution in [0.15, 0.2) is 30.6 Å². The fourth-order valence-electron chi connectivity index (χ4n) is 2.62. The molecule has 0 aliphatic carbocycles. The first kappa shape index (κ1) is 14.8. The maximum Gasteiger partial charge on any atom is 0.188 e. The number of thiazole rings is 1. The number of ether oxygens (including phenoxy) is 1. The van der Waals surface area contributed by atoms with Crippen molar-refractivity contribution in [1.82, 2.24) is 14.5 Å². The third-order valence-corrected chi connectivity index (χ3v) is 4.64. The summed E-state index contributed by atoms with van der Waals surface area (Å²) >= 11 is 1.38. The van der Waals surface area contributed by atoms with Gasteiger partial charge >= 0.3 is 0 Å². The minimum Gasteiger partial charge on any atom is -0.492 e. The molecular formula is C16H12F2N4OS. The molecule has 0 aliphatic rings. The van der Waals surface area contributed by atoms with Crippen LogP contribution in [0, 0.1) is 11.6 Å². The second kappa shape index (κ2) is 5.41. The van der Waals surface area contributed by atoms with Crippen LogP contribution >= 0.6 is 11.3 Å². The van der Waals surface area contributed by atoms with Crippen LogP contribution in [0.25, 0.3) is 21.3 Å². The van der Waals surface area contributed by atoms with Gasteiger partial charge in [-0.2, -0.15) is 0 Å². The van der Waals surface area contributed by atoms with Gasteiger partial charge in [-0.15, -0.1) is 0 Å². The average molecular weight is 346 g/mol. The van der Waals surface area contributed by atoms with Gasteiger partial charge in [0, 0.05) is 19.2 Å². The highest BCUT2D eigenvalue weighted by Gasteiger charge is 2.15. The van der Waals surface area contributed by atoms with E-state index in [1.165, 1.54) is 24.5 Å². The highest BCUT2D eigenvalue weighted by molar-refractivity contribution is 7.22. The van der Waals surface area contributed by atoms with Gasteiger partial charge < -0.3 is 14.6 Å². The fraction of sp³-hybridized carbons (Fsp3) is 0.125. The summed E-state index contributed by atoms with van der Waals surface area (Å²) in [4.78, 5) is 8.88. The Hall–Kier alpha value is -2.74. The number of imidazole rings is 1. The normalized spacial score (nSPS) is 11.3. The van der Waals surface area contributed by atoms with E-state index in [-0.39, 0.29) is 11.4 Å². The highest BCUT2D eigenvalue weighted by Crippen LogP contribution is 2.36. The minimum absolute atomic E-state index is 0.0568. The number of aryl methyl sites for hydroxylation is 1. The summed E-state index contributed by atoms with van der Waals surface area (Å²) in [7, 11) is 3.24. The summed E-state index contributed by atoms with van der Waals surface area (Å²) in [5, 5.41) is 3.44. The number of hydrogen-bond acceptors (Lipinski definition) is 5. The molecule has 4 rings (SSSR count). The molecule has 0 amide bonds. The second-order valence-electron chi connectivity index (χ2n) is 5.25. The lowest BCUT2D eigenvalue weighted by Gasteiger charge is -2.09. The van der Waals surface area contributed by atoms with Crippen LogP contribution < -0.4 is 10.1 Å². The first-order valence-electron chi connectivity index (χ1n) is 7.07. The zero-order chi connectivity index (χ0) is 16.8. The summed E-state index contributed by atoms with van der Waals surface area (Å²) in [5.74, 6) is -1.52. The number of rotatable bonds is 3. The van der Waals surface area contributed by atoms with Gasteiger partial charge in [-0.1, -0.05) is 11.3 Å². The lowest BCUT2D eigenvalue weighted by Crippen LogP contribution is -1.98. The lowest BCUT2D eigenvalue weighted by atomic mass is 10.2. The molecule has 0 atom stereocenters. The molecule has 2 aromatic heterocycles. The smallest absolute Gasteiger partial charge is 0.188 e. The van der Waals surface area contributed by atoms with Gasteiger partial charge in [-0.3, -0.25) is 0 Å². The molecule has 24 heavy (non-hydrogen) atoms. The Labute approximate surface area is 139 Å². The van der Waals surface area contributed by atoms with Gasteiger partial charge in [-0.05, 0) is 12.1 Å². The number of nitrogens with one attached hydrogen (secondary N) is 1. The van der Waals surface area contributed by atoms with Crippen molar-refractivity contribution in [2.45, 2.75) is 0 Å². The van der Waals surface area contributed by atoms with E-state index in [0.29, 0.717) is 5.13 Å². The standard InChI is InChI=1S/C16H12F2N4OS/c1-22-7-19-13-11(22)3-4-12-14(13)21-16(24-12)20-10-6-8(17)5-9(18)15(10)23-2/h3-7H,1-2H3,(H,20,21). The van der Waals surface area contributed by atoms with Crippen molar-refractivity contribution in [2.24, 2.45) is 7.05 Å². The van der Waals surface area contributed by atoms with E-state index in [2.05, 4.69) is 15.3 Å². The summed E-state index contributed by atoms with van der Waals surface area (Å²) in [6.45, 7) is 0. The molecular weight excluding hydrogens is 334 g/mol. The first-order valence-corrected chi connectivity index (χ1v) is 7.89. The van der Waals surface area contributed by atoms with Gasteiger partial charge in [0.2, 0.25) is 0 Å². The summed E-state index contributed by atoms with van der Waals surface area (Å²) < 4.78 is 35.1. The highest BCUT2D eigenvalue weighted by atomic mass is 32.1. The Morgan fingerprint density at radius 2 is 2.04 bits per heavy atom. The maximum absolute atomic E-state index is 13.8. The van der Waals surface area contributed by atoms with Crippen LogP contribution in [0.1, 0.15) is 0 Å². The molecule has 0 bridgehead atoms. The van der Waals surface area contributed by atoms with Gasteiger partial charge in [0.1, 0.15) is 16.9 Å². The third kappa shape index (κ3) is 2.26. The van der Waals surface area contributed by atoms with Crippen LogP contribution in [0.3, 0.4) is 0 Å². The van der Waals surface area contributed by atoms with Crippen molar-refractivity contribution in [3.8, 4) is 5.75 Å². The van der Waals surface area contributed by atoms with Crippen molar-refractivity contribution < 1.29 is 13.5 Å². The zero-order valence-electron chi connectivity index (χ0n) is 12.8. The van der Waals surface area contributed by atoms with Gasteiger partial charge in [0.05, 0.1) is 29.3 Å². The Morgan fingerprint density at radius 3 is 2.83 bits per heavy atom. The van der Waals surface area contributed by atoms with Crippen molar-refractivity contribution in [1.29, 1.82) is 0 Å². The largest absolute Gasteiger partial charge is 0.492 e. The molecule has 1 N–H and O–H groups in total. The minimum atomic E-state index is -0.770. The molecule has 4 aromatic rings. The zero-order valence-corrected chi connectivity index (χ0v) is 13.6. The SMILES string of the molecule is COc1c(F)cc(F)cc1Nc1nc2c(ccc3c2ncn3C)s1. The van der Waals surface area contributed by atoms with E-state index < -0.39 is 11.6 Å². The van der Waals surface area contributed by atoms with Gasteiger partial charge in [0.25, 0.3) is 0 Å². The first-order chi connectivity index (χ1) is 11.6. The van der Waals surface area contributed by atoms with Gasteiger partial charge in [0.15, 0.2) is 16.7 Å². The Kier molecular flexibility index (Phi) is 3.34. The van der Waals surface area contributed by atoms with Crippen LogP contribution in [0.5, 0.6) is 5.75 Å². The van der Waals surface area contributed by atoms with E-state index in [0.717, 1.165) is 27.3 Å². The van der Waals surface area contributed by atoms with E-state index in [1.54, 1.807) is 6.33 Å². The summed E-state index contributed by atoms with van der Waals surface area (Å²) in [6, 6.07) is 5.87. The van der Waals surface area contributed by atoms with Crippen LogP contribution in [0.2, 0.25) is 0 Å². The summed E-state index contributed by atoms with van der Waals surface area (Å²) in [6.07, 6.45) is 1.72. The number of aromatic nitrogens is 3. The molecule has 0 saturated heterocycles. The van der Waals surface area contributed by atoms with Crippen LogP contribution in [0.4, 0.5) is 19.6 Å². The van der Waals surface area contributed by atoms with Crippen molar-refractivity contribution in [3.63, 3.8) is 0 Å². The Morgan fingerprint density at radius 1 is 1.21 bits per heavy atom. The van der Waals surface area contributed by atoms with Crippen LogP contribution in [-0.4, -0.2) is 21.6 Å². The third-order valence-electron chi connectivity index (χ3n) is 3.71. The van der Waals surface area contributed by atoms with Gasteiger partial charge in [-0.25, -0.2) is 18.7 Å². The fourth-order valence-corrected chi connectivity index (χ4v) is 3.50. The number of fused-ring (bicyclic) bond motifs is 3. The van der Waals surface area contributed by atoms with E-state index >= 15 is 0 Å². The molecule has 0 aliphatic heterocycles. The number of nitrogens with zero attached hydrogens (tertiary/aromatic N) is 3. The van der Waals surface area contributed by atoms with E-state index in [1.807, 2.05) is 23.7 Å². The molecule has 0 unspecified atom stereocenters. The quantitative estimate of drug-likeness (QED) is 0.604. The Balaban J connectivity index is 1.82. The van der Waals surface area contributed by atoms with E-state index in [4.69, 9.17) is 4.74 Å². The monoisotopic (exact) mass is 346 g/mol. The molecule has 2 heterocycles. The molecule has 2 aromatic carbocycles.